The zero-order valence-corrected chi connectivity index (χ0v) is 18.1. The highest BCUT2D eigenvalue weighted by molar-refractivity contribution is 7.92. The quantitative estimate of drug-likeness (QED) is 0.746. The van der Waals surface area contributed by atoms with Crippen LogP contribution in [0.15, 0.2) is 47.4 Å². The molecule has 0 N–H and O–H groups in total. The van der Waals surface area contributed by atoms with Gasteiger partial charge in [-0.25, -0.2) is 8.42 Å². The SMILES string of the molecule is COc1ccccc1N(C)S(=O)(=O)c1ccc(C)c(C(=O)N2CCN(C)CC2)c1. The molecule has 0 aromatic heterocycles. The van der Waals surface area contributed by atoms with E-state index in [1.54, 1.807) is 35.2 Å². The number of piperazine rings is 1. The van der Waals surface area contributed by atoms with Crippen LogP contribution in [0, 0.1) is 6.92 Å². The number of hydrogen-bond donors (Lipinski definition) is 0. The van der Waals surface area contributed by atoms with Crippen molar-refractivity contribution in [1.82, 2.24) is 9.80 Å². The van der Waals surface area contributed by atoms with Crippen LogP contribution in [0.1, 0.15) is 15.9 Å². The van der Waals surface area contributed by atoms with Gasteiger partial charge in [-0.15, -0.1) is 0 Å². The highest BCUT2D eigenvalue weighted by Gasteiger charge is 2.27. The average molecular weight is 418 g/mol. The maximum Gasteiger partial charge on any atom is 0.264 e. The predicted molar refractivity (Wildman–Crippen MR) is 113 cm³/mol. The van der Waals surface area contributed by atoms with E-state index in [-0.39, 0.29) is 10.8 Å². The molecule has 1 fully saturated rings. The summed E-state index contributed by atoms with van der Waals surface area (Å²) in [5, 5.41) is 0. The number of anilines is 1. The van der Waals surface area contributed by atoms with E-state index >= 15 is 0 Å². The Labute approximate surface area is 172 Å². The lowest BCUT2D eigenvalue weighted by Crippen LogP contribution is -2.47. The van der Waals surface area contributed by atoms with Gasteiger partial charge in [0.15, 0.2) is 0 Å². The molecule has 1 aliphatic rings. The lowest BCUT2D eigenvalue weighted by Gasteiger charge is -2.32. The van der Waals surface area contributed by atoms with Gasteiger partial charge < -0.3 is 14.5 Å². The molecule has 1 heterocycles. The molecule has 0 unspecified atom stereocenters. The summed E-state index contributed by atoms with van der Waals surface area (Å²) in [6.07, 6.45) is 0. The highest BCUT2D eigenvalue weighted by Crippen LogP contribution is 2.31. The van der Waals surface area contributed by atoms with E-state index < -0.39 is 10.0 Å². The van der Waals surface area contributed by atoms with Crippen LogP contribution in [0.25, 0.3) is 0 Å². The Morgan fingerprint density at radius 3 is 2.38 bits per heavy atom. The van der Waals surface area contributed by atoms with Gasteiger partial charge in [0.2, 0.25) is 0 Å². The number of likely N-dealkylation sites (N-methyl/N-ethyl adjacent to an activating group) is 1. The van der Waals surface area contributed by atoms with Crippen LogP contribution >= 0.6 is 0 Å². The van der Waals surface area contributed by atoms with E-state index in [1.807, 2.05) is 14.0 Å². The van der Waals surface area contributed by atoms with Crippen molar-refractivity contribution >= 4 is 21.6 Å². The summed E-state index contributed by atoms with van der Waals surface area (Å²) in [6, 6.07) is 11.6. The van der Waals surface area contributed by atoms with Crippen molar-refractivity contribution in [1.29, 1.82) is 0 Å². The number of para-hydroxylation sites is 2. The minimum Gasteiger partial charge on any atom is -0.495 e. The molecule has 1 aliphatic heterocycles. The van der Waals surface area contributed by atoms with Crippen molar-refractivity contribution in [2.45, 2.75) is 11.8 Å². The second-order valence-corrected chi connectivity index (χ2v) is 9.19. The van der Waals surface area contributed by atoms with Crippen molar-refractivity contribution < 1.29 is 17.9 Å². The number of hydrogen-bond acceptors (Lipinski definition) is 5. The summed E-state index contributed by atoms with van der Waals surface area (Å²) in [6.45, 7) is 4.70. The largest absolute Gasteiger partial charge is 0.495 e. The second-order valence-electron chi connectivity index (χ2n) is 7.22. The van der Waals surface area contributed by atoms with E-state index in [1.165, 1.54) is 30.6 Å². The zero-order chi connectivity index (χ0) is 21.2. The second kappa shape index (κ2) is 8.42. The first-order valence-corrected chi connectivity index (χ1v) is 10.9. The minimum atomic E-state index is -3.86. The molecule has 0 atom stereocenters. The fraction of sp³-hybridized carbons (Fsp3) is 0.381. The predicted octanol–water partition coefficient (Wildman–Crippen LogP) is 2.22. The number of sulfonamides is 1. The van der Waals surface area contributed by atoms with Gasteiger partial charge in [-0.2, -0.15) is 0 Å². The third-order valence-corrected chi connectivity index (χ3v) is 7.08. The first-order valence-electron chi connectivity index (χ1n) is 9.46. The number of rotatable bonds is 5. The molecule has 2 aromatic rings. The zero-order valence-electron chi connectivity index (χ0n) is 17.3. The Kier molecular flexibility index (Phi) is 6.14. The molecule has 156 valence electrons. The summed E-state index contributed by atoms with van der Waals surface area (Å²) in [7, 11) is 1.14. The average Bonchev–Trinajstić information content (AvgIpc) is 2.73. The van der Waals surface area contributed by atoms with Crippen LogP contribution in [-0.2, 0) is 10.0 Å². The number of nitrogens with zero attached hydrogens (tertiary/aromatic N) is 3. The Morgan fingerprint density at radius 2 is 1.72 bits per heavy atom. The third kappa shape index (κ3) is 4.23. The lowest BCUT2D eigenvalue weighted by atomic mass is 10.1. The Balaban J connectivity index is 1.94. The molecule has 29 heavy (non-hydrogen) atoms. The molecule has 0 bridgehead atoms. The fourth-order valence-corrected chi connectivity index (χ4v) is 4.58. The first-order chi connectivity index (χ1) is 13.8. The number of carbonyl (C=O) groups is 1. The number of carbonyl (C=O) groups excluding carboxylic acids is 1. The van der Waals surface area contributed by atoms with Crippen molar-refractivity contribution in [2.75, 3.05) is 51.7 Å². The van der Waals surface area contributed by atoms with Gasteiger partial charge in [0.25, 0.3) is 15.9 Å². The Morgan fingerprint density at radius 1 is 1.07 bits per heavy atom. The van der Waals surface area contributed by atoms with Crippen molar-refractivity contribution in [3.8, 4) is 5.75 Å². The number of amides is 1. The lowest BCUT2D eigenvalue weighted by molar-refractivity contribution is 0.0663. The van der Waals surface area contributed by atoms with Gasteiger partial charge in [-0.3, -0.25) is 9.10 Å². The van der Waals surface area contributed by atoms with Crippen LogP contribution in [0.4, 0.5) is 5.69 Å². The summed E-state index contributed by atoms with van der Waals surface area (Å²) >= 11 is 0. The number of aryl methyl sites for hydroxylation is 1. The molecule has 0 aliphatic carbocycles. The van der Waals surface area contributed by atoms with E-state index in [4.69, 9.17) is 4.74 Å². The van der Waals surface area contributed by atoms with E-state index in [0.717, 1.165) is 18.7 Å². The maximum absolute atomic E-state index is 13.2. The molecule has 8 heteroatoms. The molecule has 2 aromatic carbocycles. The van der Waals surface area contributed by atoms with Gasteiger partial charge in [-0.05, 0) is 43.8 Å². The summed E-state index contributed by atoms with van der Waals surface area (Å²) in [5.74, 6) is 0.326. The van der Waals surface area contributed by atoms with E-state index in [2.05, 4.69) is 4.90 Å². The van der Waals surface area contributed by atoms with Gasteiger partial charge in [-0.1, -0.05) is 18.2 Å². The molecular weight excluding hydrogens is 390 g/mol. The summed E-state index contributed by atoms with van der Waals surface area (Å²) in [4.78, 5) is 17.1. The number of benzene rings is 2. The van der Waals surface area contributed by atoms with Crippen LogP contribution in [0.2, 0.25) is 0 Å². The van der Waals surface area contributed by atoms with Crippen LogP contribution in [0.3, 0.4) is 0 Å². The summed E-state index contributed by atoms with van der Waals surface area (Å²) in [5.41, 5.74) is 1.61. The van der Waals surface area contributed by atoms with Gasteiger partial charge in [0, 0.05) is 38.8 Å². The monoisotopic (exact) mass is 417 g/mol. The Hall–Kier alpha value is -2.58. The van der Waals surface area contributed by atoms with E-state index in [0.29, 0.717) is 30.1 Å². The van der Waals surface area contributed by atoms with Crippen molar-refractivity contribution in [3.05, 3.63) is 53.6 Å². The summed E-state index contributed by atoms with van der Waals surface area (Å²) < 4.78 is 33.0. The normalized spacial score (nSPS) is 15.2. The van der Waals surface area contributed by atoms with Crippen LogP contribution in [-0.4, -0.2) is 71.5 Å². The number of ether oxygens (including phenoxy) is 1. The molecule has 0 radical (unpaired) electrons. The molecule has 1 amide bonds. The topological polar surface area (TPSA) is 70.2 Å². The third-order valence-electron chi connectivity index (χ3n) is 5.31. The highest BCUT2D eigenvalue weighted by atomic mass is 32.2. The first kappa shape index (κ1) is 21.1. The fourth-order valence-electron chi connectivity index (χ4n) is 3.35. The smallest absolute Gasteiger partial charge is 0.264 e. The number of methoxy groups -OCH3 is 1. The minimum absolute atomic E-state index is 0.0778. The van der Waals surface area contributed by atoms with Gasteiger partial charge >= 0.3 is 0 Å². The standard InChI is InChI=1S/C21H27N3O4S/c1-16-9-10-17(15-18(16)21(25)24-13-11-22(2)12-14-24)29(26,27)23(3)19-7-5-6-8-20(19)28-4/h5-10,15H,11-14H2,1-4H3. The van der Waals surface area contributed by atoms with Crippen molar-refractivity contribution in [3.63, 3.8) is 0 Å². The molecule has 0 spiro atoms. The van der Waals surface area contributed by atoms with Gasteiger partial charge in [0.1, 0.15) is 5.75 Å². The Bertz CT molecular complexity index is 999. The van der Waals surface area contributed by atoms with E-state index in [9.17, 15) is 13.2 Å². The molecule has 1 saturated heterocycles. The van der Waals surface area contributed by atoms with Crippen molar-refractivity contribution in [2.24, 2.45) is 0 Å². The van der Waals surface area contributed by atoms with Crippen LogP contribution in [0.5, 0.6) is 5.75 Å². The maximum atomic E-state index is 13.2. The molecule has 0 saturated carbocycles. The molecular formula is C21H27N3O4S. The van der Waals surface area contributed by atoms with Gasteiger partial charge in [0.05, 0.1) is 17.7 Å². The molecule has 7 nitrogen and oxygen atoms in total. The molecule has 3 rings (SSSR count). The van der Waals surface area contributed by atoms with Crippen LogP contribution < -0.4 is 9.04 Å².